The van der Waals surface area contributed by atoms with Crippen molar-refractivity contribution in [1.29, 1.82) is 0 Å². The first-order chi connectivity index (χ1) is 10.3. The fourth-order valence-electron chi connectivity index (χ4n) is 1.83. The fraction of sp³-hybridized carbons (Fsp3) is 0.0833. The van der Waals surface area contributed by atoms with Crippen LogP contribution in [0.1, 0.15) is 5.56 Å². The Morgan fingerprint density at radius 3 is 2.64 bits per heavy atom. The van der Waals surface area contributed by atoms with E-state index < -0.39 is 23.1 Å². The molecular weight excluding hydrogens is 308 g/mol. The molecule has 2 heterocycles. The van der Waals surface area contributed by atoms with Crippen molar-refractivity contribution in [3.8, 4) is 0 Å². The molecule has 3 rings (SSSR count). The maximum Gasteiger partial charge on any atom is 0.419 e. The number of rotatable bonds is 2. The topological polar surface area (TPSA) is 83.8 Å². The lowest BCUT2D eigenvalue weighted by atomic mass is 10.2. The predicted molar refractivity (Wildman–Crippen MR) is 67.1 cm³/mol. The SMILES string of the molecule is O=c1[nH]c2nonc2cc1Nc1ccc(C(F)(F)F)c(F)c1. The third kappa shape index (κ3) is 2.50. The molecule has 0 aliphatic rings. The van der Waals surface area contributed by atoms with Crippen LogP contribution in [0.2, 0.25) is 0 Å². The van der Waals surface area contributed by atoms with Crippen molar-refractivity contribution in [2.75, 3.05) is 5.32 Å². The van der Waals surface area contributed by atoms with Gasteiger partial charge in [0.2, 0.25) is 5.65 Å². The van der Waals surface area contributed by atoms with Crippen molar-refractivity contribution >= 4 is 22.5 Å². The predicted octanol–water partition coefficient (Wildman–Crippen LogP) is 2.81. The Balaban J connectivity index is 1.96. The van der Waals surface area contributed by atoms with E-state index in [9.17, 15) is 22.4 Å². The van der Waals surface area contributed by atoms with E-state index in [-0.39, 0.29) is 22.5 Å². The largest absolute Gasteiger partial charge is 0.419 e. The number of aromatic amines is 1. The summed E-state index contributed by atoms with van der Waals surface area (Å²) in [6.45, 7) is 0. The fourth-order valence-corrected chi connectivity index (χ4v) is 1.83. The number of hydrogen-bond donors (Lipinski definition) is 2. The van der Waals surface area contributed by atoms with Crippen molar-refractivity contribution in [2.24, 2.45) is 0 Å². The highest BCUT2D eigenvalue weighted by molar-refractivity contribution is 5.74. The minimum absolute atomic E-state index is 0.0215. The number of pyridine rings is 1. The molecule has 0 radical (unpaired) electrons. The lowest BCUT2D eigenvalue weighted by Crippen LogP contribution is -2.12. The molecule has 0 aliphatic heterocycles. The maximum absolute atomic E-state index is 13.5. The average molecular weight is 314 g/mol. The van der Waals surface area contributed by atoms with E-state index >= 15 is 0 Å². The molecule has 0 saturated carbocycles. The van der Waals surface area contributed by atoms with E-state index in [0.29, 0.717) is 12.1 Å². The molecule has 0 spiro atoms. The summed E-state index contributed by atoms with van der Waals surface area (Å²) in [7, 11) is 0. The highest BCUT2D eigenvalue weighted by atomic mass is 19.4. The average Bonchev–Trinajstić information content (AvgIpc) is 2.84. The molecule has 0 aliphatic carbocycles. The van der Waals surface area contributed by atoms with Crippen LogP contribution in [-0.4, -0.2) is 15.3 Å². The van der Waals surface area contributed by atoms with Crippen LogP contribution in [0, 0.1) is 5.82 Å². The first kappa shape index (κ1) is 14.0. The highest BCUT2D eigenvalue weighted by Gasteiger charge is 2.33. The van der Waals surface area contributed by atoms with E-state index in [4.69, 9.17) is 0 Å². The number of alkyl halides is 3. The molecule has 2 aromatic heterocycles. The first-order valence-corrected chi connectivity index (χ1v) is 5.84. The van der Waals surface area contributed by atoms with Gasteiger partial charge in [0.05, 0.1) is 5.56 Å². The minimum atomic E-state index is -4.79. The van der Waals surface area contributed by atoms with Gasteiger partial charge in [-0.2, -0.15) is 13.2 Å². The summed E-state index contributed by atoms with van der Waals surface area (Å²) in [5.74, 6) is -1.45. The Bertz CT molecular complexity index is 900. The quantitative estimate of drug-likeness (QED) is 0.711. The second-order valence-corrected chi connectivity index (χ2v) is 4.33. The van der Waals surface area contributed by atoms with Gasteiger partial charge >= 0.3 is 6.18 Å². The number of anilines is 2. The van der Waals surface area contributed by atoms with Gasteiger partial charge in [0.1, 0.15) is 11.5 Å². The molecular formula is C12H6F4N4O2. The summed E-state index contributed by atoms with van der Waals surface area (Å²) < 4.78 is 55.3. The van der Waals surface area contributed by atoms with Gasteiger partial charge in [-0.25, -0.2) is 9.02 Å². The van der Waals surface area contributed by atoms with Crippen LogP contribution in [0.3, 0.4) is 0 Å². The number of fused-ring (bicyclic) bond motifs is 1. The van der Waals surface area contributed by atoms with Crippen molar-refractivity contribution in [2.45, 2.75) is 6.18 Å². The third-order valence-electron chi connectivity index (χ3n) is 2.83. The second kappa shape index (κ2) is 4.83. The molecule has 0 fully saturated rings. The van der Waals surface area contributed by atoms with Crippen molar-refractivity contribution in [1.82, 2.24) is 15.3 Å². The molecule has 2 N–H and O–H groups in total. The van der Waals surface area contributed by atoms with Crippen molar-refractivity contribution < 1.29 is 22.2 Å². The molecule has 3 aromatic rings. The van der Waals surface area contributed by atoms with Crippen LogP contribution in [0.4, 0.5) is 28.9 Å². The summed E-state index contributed by atoms with van der Waals surface area (Å²) in [6, 6.07) is 3.52. The lowest BCUT2D eigenvalue weighted by Gasteiger charge is -2.10. The third-order valence-corrected chi connectivity index (χ3v) is 2.83. The van der Waals surface area contributed by atoms with Gasteiger partial charge < -0.3 is 10.3 Å². The molecule has 6 nitrogen and oxygen atoms in total. The molecule has 0 amide bonds. The Morgan fingerprint density at radius 2 is 1.95 bits per heavy atom. The second-order valence-electron chi connectivity index (χ2n) is 4.33. The zero-order chi connectivity index (χ0) is 15.9. The summed E-state index contributed by atoms with van der Waals surface area (Å²) in [4.78, 5) is 14.1. The highest BCUT2D eigenvalue weighted by Crippen LogP contribution is 2.32. The molecule has 22 heavy (non-hydrogen) atoms. The summed E-state index contributed by atoms with van der Waals surface area (Å²) in [5.41, 5.74) is -1.70. The zero-order valence-electron chi connectivity index (χ0n) is 10.5. The Hall–Kier alpha value is -2.91. The molecule has 0 saturated heterocycles. The number of hydrogen-bond acceptors (Lipinski definition) is 5. The number of nitrogens with one attached hydrogen (secondary N) is 2. The lowest BCUT2D eigenvalue weighted by molar-refractivity contribution is -0.139. The smallest absolute Gasteiger partial charge is 0.351 e. The standard InChI is InChI=1S/C12H6F4N4O2/c13-7-3-5(1-2-6(7)12(14,15)16)17-9-4-8-10(18-11(9)21)20-22-19-8/h1-4,17H,(H,18,20,21). The Morgan fingerprint density at radius 1 is 1.18 bits per heavy atom. The van der Waals surface area contributed by atoms with Crippen molar-refractivity contribution in [3.63, 3.8) is 0 Å². The summed E-state index contributed by atoms with van der Waals surface area (Å²) in [5, 5.41) is 9.45. The number of H-pyrrole nitrogens is 1. The Kier molecular flexibility index (Phi) is 3.08. The molecule has 114 valence electrons. The van der Waals surface area contributed by atoms with Crippen LogP contribution >= 0.6 is 0 Å². The van der Waals surface area contributed by atoms with E-state index in [1.54, 1.807) is 0 Å². The van der Waals surface area contributed by atoms with Crippen LogP contribution in [0.15, 0.2) is 33.7 Å². The molecule has 0 atom stereocenters. The van der Waals surface area contributed by atoms with Gasteiger partial charge in [-0.3, -0.25) is 4.79 Å². The number of aromatic nitrogens is 3. The molecule has 0 unspecified atom stereocenters. The van der Waals surface area contributed by atoms with Gasteiger partial charge in [-0.15, -0.1) is 0 Å². The van der Waals surface area contributed by atoms with E-state index in [0.717, 1.165) is 6.07 Å². The molecule has 1 aromatic carbocycles. The van der Waals surface area contributed by atoms with Gasteiger partial charge in [0.25, 0.3) is 5.56 Å². The van der Waals surface area contributed by atoms with Gasteiger partial charge in [0, 0.05) is 11.8 Å². The van der Waals surface area contributed by atoms with Crippen LogP contribution in [0.25, 0.3) is 11.2 Å². The van der Waals surface area contributed by atoms with E-state index in [2.05, 4.69) is 25.2 Å². The summed E-state index contributed by atoms with van der Waals surface area (Å²) in [6.07, 6.45) is -4.79. The molecule has 10 heteroatoms. The zero-order valence-corrected chi connectivity index (χ0v) is 10.5. The van der Waals surface area contributed by atoms with Gasteiger partial charge in [-0.05, 0) is 28.5 Å². The number of benzene rings is 1. The number of halogens is 4. The summed E-state index contributed by atoms with van der Waals surface area (Å²) >= 11 is 0. The van der Waals surface area contributed by atoms with Crippen LogP contribution in [0.5, 0.6) is 0 Å². The van der Waals surface area contributed by atoms with E-state index in [1.165, 1.54) is 6.07 Å². The van der Waals surface area contributed by atoms with Crippen LogP contribution < -0.4 is 10.9 Å². The van der Waals surface area contributed by atoms with Crippen molar-refractivity contribution in [3.05, 3.63) is 46.0 Å². The normalized spacial score (nSPS) is 11.8. The minimum Gasteiger partial charge on any atom is -0.351 e. The van der Waals surface area contributed by atoms with Gasteiger partial charge in [-0.1, -0.05) is 0 Å². The Labute approximate surface area is 118 Å². The van der Waals surface area contributed by atoms with Gasteiger partial charge in [0.15, 0.2) is 5.52 Å². The monoisotopic (exact) mass is 314 g/mol. The van der Waals surface area contributed by atoms with E-state index in [1.807, 2.05) is 0 Å². The number of nitrogens with zero attached hydrogens (tertiary/aromatic N) is 2. The first-order valence-electron chi connectivity index (χ1n) is 5.84. The maximum atomic E-state index is 13.5. The van der Waals surface area contributed by atoms with Crippen LogP contribution in [-0.2, 0) is 6.18 Å². The molecule has 0 bridgehead atoms.